The summed E-state index contributed by atoms with van der Waals surface area (Å²) in [6.45, 7) is 7.18. The number of nitrogens with zero attached hydrogens (tertiary/aromatic N) is 1. The van der Waals surface area contributed by atoms with Crippen molar-refractivity contribution in [2.45, 2.75) is 33.6 Å². The summed E-state index contributed by atoms with van der Waals surface area (Å²) in [5.41, 5.74) is 1.61. The van der Waals surface area contributed by atoms with Gasteiger partial charge < -0.3 is 15.3 Å². The molecule has 0 heterocycles. The third-order valence-electron chi connectivity index (χ3n) is 3.17. The van der Waals surface area contributed by atoms with E-state index in [0.29, 0.717) is 12.2 Å². The Morgan fingerprint density at radius 3 is 2.50 bits per heavy atom. The van der Waals surface area contributed by atoms with Gasteiger partial charge in [0.15, 0.2) is 0 Å². The third-order valence-corrected chi connectivity index (χ3v) is 3.17. The maximum atomic E-state index is 12.1. The fourth-order valence-electron chi connectivity index (χ4n) is 1.88. The van der Waals surface area contributed by atoms with E-state index in [1.807, 2.05) is 6.92 Å². The molecule has 0 aliphatic carbocycles. The Hall–Kier alpha value is -2.04. The minimum Gasteiger partial charge on any atom is -0.478 e. The van der Waals surface area contributed by atoms with Crippen LogP contribution in [0.3, 0.4) is 0 Å². The highest BCUT2D eigenvalue weighted by Gasteiger charge is 2.13. The van der Waals surface area contributed by atoms with Crippen LogP contribution in [0.5, 0.6) is 0 Å². The molecule has 1 aromatic carbocycles. The maximum absolute atomic E-state index is 12.1. The fraction of sp³-hybridized carbons (Fsp3) is 0.467. The average Bonchev–Trinajstić information content (AvgIpc) is 2.41. The quantitative estimate of drug-likeness (QED) is 0.838. The number of amides is 2. The number of aromatic carboxylic acids is 1. The lowest BCUT2D eigenvalue weighted by molar-refractivity contribution is 0.0697. The van der Waals surface area contributed by atoms with Crippen molar-refractivity contribution in [1.82, 2.24) is 4.90 Å². The van der Waals surface area contributed by atoms with E-state index in [1.165, 1.54) is 6.07 Å². The Bertz CT molecular complexity index is 486. The Morgan fingerprint density at radius 1 is 1.30 bits per heavy atom. The number of benzene rings is 1. The second kappa shape index (κ2) is 7.53. The predicted molar refractivity (Wildman–Crippen MR) is 79.3 cm³/mol. The molecule has 0 aliphatic rings. The number of carbonyl (C=O) groups excluding carboxylic acids is 1. The minimum atomic E-state index is -0.968. The maximum Gasteiger partial charge on any atom is 0.335 e. The standard InChI is InChI=1S/C15H22N2O3/c1-4-6-9-17(5-2)15(20)16-13-8-7-12(14(18)19)10-11(13)3/h7-8,10H,4-6,9H2,1-3H3,(H,16,20)(H,18,19). The molecule has 0 atom stereocenters. The molecule has 0 saturated carbocycles. The first-order chi connectivity index (χ1) is 9.49. The summed E-state index contributed by atoms with van der Waals surface area (Å²) in [6, 6.07) is 4.53. The minimum absolute atomic E-state index is 0.146. The van der Waals surface area contributed by atoms with Crippen molar-refractivity contribution in [3.05, 3.63) is 29.3 Å². The molecule has 1 aromatic rings. The predicted octanol–water partition coefficient (Wildman–Crippen LogP) is 3.35. The van der Waals surface area contributed by atoms with E-state index in [1.54, 1.807) is 24.0 Å². The van der Waals surface area contributed by atoms with Gasteiger partial charge in [0.05, 0.1) is 5.56 Å². The molecule has 0 aliphatic heterocycles. The fourth-order valence-corrected chi connectivity index (χ4v) is 1.88. The second-order valence-corrected chi connectivity index (χ2v) is 4.70. The number of hydrogen-bond acceptors (Lipinski definition) is 2. The third kappa shape index (κ3) is 4.26. The Kier molecular flexibility index (Phi) is 6.03. The number of nitrogens with one attached hydrogen (secondary N) is 1. The van der Waals surface area contributed by atoms with Gasteiger partial charge in [0, 0.05) is 18.8 Å². The highest BCUT2D eigenvalue weighted by atomic mass is 16.4. The van der Waals surface area contributed by atoms with E-state index >= 15 is 0 Å². The lowest BCUT2D eigenvalue weighted by atomic mass is 10.1. The second-order valence-electron chi connectivity index (χ2n) is 4.70. The van der Waals surface area contributed by atoms with Crippen LogP contribution >= 0.6 is 0 Å². The summed E-state index contributed by atoms with van der Waals surface area (Å²) in [7, 11) is 0. The van der Waals surface area contributed by atoms with Crippen molar-refractivity contribution in [2.75, 3.05) is 18.4 Å². The van der Waals surface area contributed by atoms with Gasteiger partial charge in [-0.05, 0) is 44.0 Å². The molecule has 5 nitrogen and oxygen atoms in total. The molecule has 0 fully saturated rings. The molecule has 0 spiro atoms. The molecule has 2 N–H and O–H groups in total. The molecule has 0 saturated heterocycles. The summed E-state index contributed by atoms with van der Waals surface area (Å²) in [4.78, 5) is 24.7. The van der Waals surface area contributed by atoms with Gasteiger partial charge in [0.25, 0.3) is 0 Å². The van der Waals surface area contributed by atoms with Crippen LogP contribution in [0.15, 0.2) is 18.2 Å². The lowest BCUT2D eigenvalue weighted by Crippen LogP contribution is -2.35. The number of unbranched alkanes of at least 4 members (excludes halogenated alkanes) is 1. The van der Waals surface area contributed by atoms with E-state index in [-0.39, 0.29) is 11.6 Å². The zero-order chi connectivity index (χ0) is 15.1. The van der Waals surface area contributed by atoms with E-state index < -0.39 is 5.97 Å². The van der Waals surface area contributed by atoms with Crippen LogP contribution in [0.2, 0.25) is 0 Å². The normalized spacial score (nSPS) is 10.2. The van der Waals surface area contributed by atoms with Crippen molar-refractivity contribution in [2.24, 2.45) is 0 Å². The van der Waals surface area contributed by atoms with Crippen LogP contribution in [-0.2, 0) is 0 Å². The summed E-state index contributed by atoms with van der Waals surface area (Å²) in [6.07, 6.45) is 2.01. The van der Waals surface area contributed by atoms with Crippen LogP contribution in [0.1, 0.15) is 42.6 Å². The van der Waals surface area contributed by atoms with Crippen LogP contribution in [0.4, 0.5) is 10.5 Å². The number of aryl methyl sites for hydroxylation is 1. The van der Waals surface area contributed by atoms with Gasteiger partial charge in [-0.3, -0.25) is 0 Å². The average molecular weight is 278 g/mol. The molecule has 0 unspecified atom stereocenters. The molecule has 5 heteroatoms. The van der Waals surface area contributed by atoms with Gasteiger partial charge in [0.2, 0.25) is 0 Å². The van der Waals surface area contributed by atoms with Gasteiger partial charge in [-0.2, -0.15) is 0 Å². The van der Waals surface area contributed by atoms with Crippen LogP contribution in [0.25, 0.3) is 0 Å². The summed E-state index contributed by atoms with van der Waals surface area (Å²) >= 11 is 0. The summed E-state index contributed by atoms with van der Waals surface area (Å²) in [5, 5.41) is 11.7. The largest absolute Gasteiger partial charge is 0.478 e. The van der Waals surface area contributed by atoms with Gasteiger partial charge in [-0.1, -0.05) is 13.3 Å². The number of carboxylic acid groups (broad SMARTS) is 1. The smallest absolute Gasteiger partial charge is 0.335 e. The zero-order valence-corrected chi connectivity index (χ0v) is 12.3. The van der Waals surface area contributed by atoms with E-state index in [4.69, 9.17) is 5.11 Å². The van der Waals surface area contributed by atoms with Gasteiger partial charge >= 0.3 is 12.0 Å². The number of anilines is 1. The highest BCUT2D eigenvalue weighted by Crippen LogP contribution is 2.17. The topological polar surface area (TPSA) is 69.6 Å². The summed E-state index contributed by atoms with van der Waals surface area (Å²) < 4.78 is 0. The van der Waals surface area contributed by atoms with Crippen molar-refractivity contribution in [3.8, 4) is 0 Å². The van der Waals surface area contributed by atoms with Crippen LogP contribution < -0.4 is 5.32 Å². The van der Waals surface area contributed by atoms with Crippen molar-refractivity contribution in [3.63, 3.8) is 0 Å². The van der Waals surface area contributed by atoms with Crippen molar-refractivity contribution in [1.29, 1.82) is 0 Å². The monoisotopic (exact) mass is 278 g/mol. The molecule has 110 valence electrons. The first-order valence-electron chi connectivity index (χ1n) is 6.89. The molecular formula is C15H22N2O3. The van der Waals surface area contributed by atoms with Crippen molar-refractivity contribution < 1.29 is 14.7 Å². The summed E-state index contributed by atoms with van der Waals surface area (Å²) in [5.74, 6) is -0.968. The van der Waals surface area contributed by atoms with Crippen LogP contribution in [0, 0.1) is 6.92 Å². The lowest BCUT2D eigenvalue weighted by Gasteiger charge is -2.21. The molecule has 0 radical (unpaired) electrons. The molecule has 0 aromatic heterocycles. The number of carbonyl (C=O) groups is 2. The zero-order valence-electron chi connectivity index (χ0n) is 12.3. The van der Waals surface area contributed by atoms with Crippen LogP contribution in [-0.4, -0.2) is 35.1 Å². The number of rotatable bonds is 6. The van der Waals surface area contributed by atoms with E-state index in [0.717, 1.165) is 24.9 Å². The number of hydrogen-bond donors (Lipinski definition) is 2. The first-order valence-corrected chi connectivity index (χ1v) is 6.89. The molecule has 20 heavy (non-hydrogen) atoms. The van der Waals surface area contributed by atoms with Crippen molar-refractivity contribution >= 4 is 17.7 Å². The molecule has 2 amide bonds. The van der Waals surface area contributed by atoms with Gasteiger partial charge in [-0.25, -0.2) is 9.59 Å². The van der Waals surface area contributed by atoms with Gasteiger partial charge in [0.1, 0.15) is 0 Å². The highest BCUT2D eigenvalue weighted by molar-refractivity contribution is 5.92. The number of urea groups is 1. The SMILES string of the molecule is CCCCN(CC)C(=O)Nc1ccc(C(=O)O)cc1C. The Labute approximate surface area is 119 Å². The molecule has 0 bridgehead atoms. The first kappa shape index (κ1) is 16.0. The van der Waals surface area contributed by atoms with E-state index in [2.05, 4.69) is 12.2 Å². The molecular weight excluding hydrogens is 256 g/mol. The Morgan fingerprint density at radius 2 is 2.00 bits per heavy atom. The van der Waals surface area contributed by atoms with E-state index in [9.17, 15) is 9.59 Å². The number of carboxylic acids is 1. The Balaban J connectivity index is 2.76. The molecule has 1 rings (SSSR count). The van der Waals surface area contributed by atoms with Gasteiger partial charge in [-0.15, -0.1) is 0 Å².